The van der Waals surface area contributed by atoms with E-state index in [0.717, 1.165) is 5.56 Å². The van der Waals surface area contributed by atoms with Gasteiger partial charge in [0.15, 0.2) is 0 Å². The summed E-state index contributed by atoms with van der Waals surface area (Å²) in [5.41, 5.74) is 0.0659. The largest absolute Gasteiger partial charge is 0.339 e. The van der Waals surface area contributed by atoms with Crippen LogP contribution in [0, 0.1) is 0 Å². The molecule has 1 saturated carbocycles. The number of aromatic nitrogens is 2. The van der Waals surface area contributed by atoms with E-state index in [1.165, 1.54) is 0 Å². The molecule has 0 radical (unpaired) electrons. The third kappa shape index (κ3) is 2.54. The summed E-state index contributed by atoms with van der Waals surface area (Å²) < 4.78 is 5.41. The minimum absolute atomic E-state index is 0.0921. The van der Waals surface area contributed by atoms with Crippen molar-refractivity contribution in [3.63, 3.8) is 0 Å². The molecular weight excluding hydrogens is 332 g/mol. The van der Waals surface area contributed by atoms with Gasteiger partial charge in [0.05, 0.1) is 0 Å². The van der Waals surface area contributed by atoms with Crippen LogP contribution in [0.5, 0.6) is 0 Å². The number of imide groups is 1. The Bertz CT molecular complexity index is 794. The summed E-state index contributed by atoms with van der Waals surface area (Å²) in [6, 6.07) is 6.81. The Labute approximate surface area is 142 Å². The van der Waals surface area contributed by atoms with Crippen LogP contribution in [-0.4, -0.2) is 27.6 Å². The van der Waals surface area contributed by atoms with Gasteiger partial charge in [0.25, 0.3) is 5.91 Å². The molecule has 0 atom stereocenters. The molecule has 7 nitrogen and oxygen atoms in total. The number of hydrogen-bond donors (Lipinski definition) is 2. The van der Waals surface area contributed by atoms with Gasteiger partial charge in [0, 0.05) is 16.5 Å². The van der Waals surface area contributed by atoms with Crippen LogP contribution in [0.1, 0.15) is 37.5 Å². The summed E-state index contributed by atoms with van der Waals surface area (Å²) in [4.78, 5) is 27.8. The van der Waals surface area contributed by atoms with Gasteiger partial charge in [-0.05, 0) is 49.9 Å². The van der Waals surface area contributed by atoms with Crippen molar-refractivity contribution in [2.75, 3.05) is 0 Å². The van der Waals surface area contributed by atoms with E-state index < -0.39 is 11.6 Å². The van der Waals surface area contributed by atoms with Gasteiger partial charge in [-0.25, -0.2) is 4.79 Å². The normalized spacial score (nSPS) is 26.5. The van der Waals surface area contributed by atoms with E-state index in [1.54, 1.807) is 12.1 Å². The minimum atomic E-state index is -0.771. The second-order valence-electron chi connectivity index (χ2n) is 6.23. The second kappa shape index (κ2) is 5.59. The molecule has 1 spiro atoms. The Morgan fingerprint density at radius 2 is 1.88 bits per heavy atom. The van der Waals surface area contributed by atoms with Gasteiger partial charge in [-0.3, -0.25) is 10.1 Å². The molecule has 1 aromatic carbocycles. The lowest BCUT2D eigenvalue weighted by Gasteiger charge is -2.33. The van der Waals surface area contributed by atoms with E-state index in [1.807, 2.05) is 12.1 Å². The minimum Gasteiger partial charge on any atom is -0.339 e. The smallest absolute Gasteiger partial charge is 0.322 e. The molecule has 2 heterocycles. The molecular formula is C16H15ClN4O3. The fraction of sp³-hybridized carbons (Fsp3) is 0.375. The topological polar surface area (TPSA) is 97.1 Å². The van der Waals surface area contributed by atoms with Crippen molar-refractivity contribution in [1.29, 1.82) is 0 Å². The van der Waals surface area contributed by atoms with Crippen LogP contribution >= 0.6 is 11.6 Å². The summed E-state index contributed by atoms with van der Waals surface area (Å²) in [6.45, 7) is 0. The number of carbonyl (C=O) groups excluding carboxylic acids is 2. The number of halogens is 1. The first-order chi connectivity index (χ1) is 11.6. The summed E-state index contributed by atoms with van der Waals surface area (Å²) in [5, 5.41) is 9.74. The van der Waals surface area contributed by atoms with Crippen LogP contribution < -0.4 is 10.6 Å². The van der Waals surface area contributed by atoms with Gasteiger partial charge < -0.3 is 9.84 Å². The van der Waals surface area contributed by atoms with Crippen LogP contribution in [0.15, 0.2) is 28.8 Å². The Hall–Kier alpha value is -2.41. The van der Waals surface area contributed by atoms with E-state index in [-0.39, 0.29) is 11.8 Å². The highest BCUT2D eigenvalue weighted by Gasteiger charge is 2.48. The Morgan fingerprint density at radius 1 is 1.17 bits per heavy atom. The number of hydrogen-bond acceptors (Lipinski definition) is 5. The standard InChI is InChI=1S/C16H15ClN4O3/c17-11-3-1-9(2-4-11)12-18-13(24-21-12)10-5-7-16(8-6-10)14(22)19-15(23)20-16/h1-4,10H,5-8H2,(H2,19,20,22,23). The van der Waals surface area contributed by atoms with Crippen molar-refractivity contribution >= 4 is 23.5 Å². The van der Waals surface area contributed by atoms with E-state index in [0.29, 0.717) is 42.4 Å². The first kappa shape index (κ1) is 15.1. The molecule has 8 heteroatoms. The molecule has 2 aromatic rings. The third-order valence-corrected chi connectivity index (χ3v) is 5.00. The fourth-order valence-corrected chi connectivity index (χ4v) is 3.48. The monoisotopic (exact) mass is 346 g/mol. The predicted molar refractivity (Wildman–Crippen MR) is 85.4 cm³/mol. The molecule has 4 rings (SSSR count). The van der Waals surface area contributed by atoms with Gasteiger partial charge in [-0.2, -0.15) is 4.98 Å². The second-order valence-corrected chi connectivity index (χ2v) is 6.66. The maximum absolute atomic E-state index is 12.0. The lowest BCUT2D eigenvalue weighted by Crippen LogP contribution is -2.49. The molecule has 1 saturated heterocycles. The maximum atomic E-state index is 12.0. The highest BCUT2D eigenvalue weighted by atomic mass is 35.5. The lowest BCUT2D eigenvalue weighted by atomic mass is 9.76. The summed E-state index contributed by atoms with van der Waals surface area (Å²) in [5.74, 6) is 0.946. The first-order valence-electron chi connectivity index (χ1n) is 7.79. The molecule has 2 aliphatic rings. The number of rotatable bonds is 2. The fourth-order valence-electron chi connectivity index (χ4n) is 3.35. The average Bonchev–Trinajstić information content (AvgIpc) is 3.15. The van der Waals surface area contributed by atoms with Crippen molar-refractivity contribution in [1.82, 2.24) is 20.8 Å². The van der Waals surface area contributed by atoms with Crippen molar-refractivity contribution in [3.05, 3.63) is 35.2 Å². The summed E-state index contributed by atoms with van der Waals surface area (Å²) in [7, 11) is 0. The summed E-state index contributed by atoms with van der Waals surface area (Å²) in [6.07, 6.45) is 2.54. The van der Waals surface area contributed by atoms with Gasteiger partial charge in [0.2, 0.25) is 11.7 Å². The van der Waals surface area contributed by atoms with E-state index in [2.05, 4.69) is 20.8 Å². The molecule has 2 N–H and O–H groups in total. The van der Waals surface area contributed by atoms with E-state index in [4.69, 9.17) is 16.1 Å². The van der Waals surface area contributed by atoms with Gasteiger partial charge in [-0.15, -0.1) is 0 Å². The highest BCUT2D eigenvalue weighted by molar-refractivity contribution is 6.30. The quantitative estimate of drug-likeness (QED) is 0.815. The van der Waals surface area contributed by atoms with Crippen LogP contribution in [-0.2, 0) is 4.79 Å². The van der Waals surface area contributed by atoms with Crippen molar-refractivity contribution in [3.8, 4) is 11.4 Å². The van der Waals surface area contributed by atoms with Gasteiger partial charge >= 0.3 is 6.03 Å². The van der Waals surface area contributed by atoms with Gasteiger partial charge in [0.1, 0.15) is 5.54 Å². The highest BCUT2D eigenvalue weighted by Crippen LogP contribution is 2.39. The Balaban J connectivity index is 1.48. The molecule has 1 aliphatic heterocycles. The molecule has 2 fully saturated rings. The molecule has 3 amide bonds. The molecule has 124 valence electrons. The summed E-state index contributed by atoms with van der Waals surface area (Å²) >= 11 is 5.88. The van der Waals surface area contributed by atoms with E-state index >= 15 is 0 Å². The zero-order valence-electron chi connectivity index (χ0n) is 12.7. The van der Waals surface area contributed by atoms with E-state index in [9.17, 15) is 9.59 Å². The van der Waals surface area contributed by atoms with Gasteiger partial charge in [-0.1, -0.05) is 16.8 Å². The number of benzene rings is 1. The average molecular weight is 347 g/mol. The zero-order valence-corrected chi connectivity index (χ0v) is 13.5. The molecule has 1 aromatic heterocycles. The van der Waals surface area contributed by atoms with Crippen molar-refractivity contribution < 1.29 is 14.1 Å². The third-order valence-electron chi connectivity index (χ3n) is 4.75. The first-order valence-corrected chi connectivity index (χ1v) is 8.17. The van der Waals surface area contributed by atoms with Crippen LogP contribution in [0.2, 0.25) is 5.02 Å². The number of amides is 3. The number of urea groups is 1. The molecule has 1 aliphatic carbocycles. The SMILES string of the molecule is O=C1NC(=O)C2(CCC(c3nc(-c4ccc(Cl)cc4)no3)CC2)N1. The van der Waals surface area contributed by atoms with Crippen molar-refractivity contribution in [2.24, 2.45) is 0 Å². The van der Waals surface area contributed by atoms with Crippen LogP contribution in [0.3, 0.4) is 0 Å². The predicted octanol–water partition coefficient (Wildman–Crippen LogP) is 2.63. The Morgan fingerprint density at radius 3 is 2.50 bits per heavy atom. The molecule has 0 unspecified atom stereocenters. The number of nitrogens with one attached hydrogen (secondary N) is 2. The van der Waals surface area contributed by atoms with Crippen LogP contribution in [0.4, 0.5) is 4.79 Å². The zero-order chi connectivity index (χ0) is 16.7. The maximum Gasteiger partial charge on any atom is 0.322 e. The lowest BCUT2D eigenvalue weighted by molar-refractivity contribution is -0.125. The van der Waals surface area contributed by atoms with Crippen molar-refractivity contribution in [2.45, 2.75) is 37.1 Å². The number of carbonyl (C=O) groups is 2. The Kier molecular flexibility index (Phi) is 3.53. The molecule has 0 bridgehead atoms. The van der Waals surface area contributed by atoms with Crippen LogP contribution in [0.25, 0.3) is 11.4 Å². The number of nitrogens with zero attached hydrogens (tertiary/aromatic N) is 2. The molecule has 24 heavy (non-hydrogen) atoms.